The molecule has 1 aliphatic carbocycles. The van der Waals surface area contributed by atoms with Crippen molar-refractivity contribution < 1.29 is 4.79 Å². The average molecular weight is 269 g/mol. The van der Waals surface area contributed by atoms with Crippen LogP contribution in [0.25, 0.3) is 5.57 Å². The van der Waals surface area contributed by atoms with Gasteiger partial charge in [0.25, 0.3) is 0 Å². The van der Waals surface area contributed by atoms with Gasteiger partial charge in [-0.1, -0.05) is 54.6 Å². The van der Waals surface area contributed by atoms with Gasteiger partial charge < -0.3 is 0 Å². The molecule has 1 unspecified atom stereocenters. The number of benzene rings is 2. The fourth-order valence-electron chi connectivity index (χ4n) is 2.79. The van der Waals surface area contributed by atoms with Crippen molar-refractivity contribution in [2.75, 3.05) is 0 Å². The zero-order valence-electron chi connectivity index (χ0n) is 10.3. The summed E-state index contributed by atoms with van der Waals surface area (Å²) in [5.41, 5.74) is 4.73. The fourth-order valence-corrected chi connectivity index (χ4v) is 2.92. The highest BCUT2D eigenvalue weighted by atomic mass is 35.5. The molecule has 94 valence electrons. The number of carbonyl (C=O) groups is 1. The lowest BCUT2D eigenvalue weighted by molar-refractivity contribution is -0.107. The Bertz CT molecular complexity index is 643. The molecule has 2 aromatic carbocycles. The highest BCUT2D eigenvalue weighted by molar-refractivity contribution is 6.67. The van der Waals surface area contributed by atoms with E-state index in [9.17, 15) is 4.79 Å². The zero-order valence-corrected chi connectivity index (χ0v) is 11.1. The van der Waals surface area contributed by atoms with Crippen LogP contribution in [0.1, 0.15) is 29.0 Å². The number of rotatable bonds is 2. The third-order valence-electron chi connectivity index (χ3n) is 3.60. The first-order valence-electron chi connectivity index (χ1n) is 6.30. The number of allylic oxidation sites excluding steroid dienone is 2. The van der Waals surface area contributed by atoms with Crippen LogP contribution in [-0.2, 0) is 4.79 Å². The molecular weight excluding hydrogens is 256 g/mol. The van der Waals surface area contributed by atoms with Crippen molar-refractivity contribution in [2.24, 2.45) is 0 Å². The van der Waals surface area contributed by atoms with Crippen LogP contribution in [0, 0.1) is 0 Å². The molecule has 2 heteroatoms. The first-order valence-corrected chi connectivity index (χ1v) is 6.68. The van der Waals surface area contributed by atoms with Crippen molar-refractivity contribution in [2.45, 2.75) is 12.3 Å². The van der Waals surface area contributed by atoms with Crippen LogP contribution >= 0.6 is 11.6 Å². The molecule has 3 rings (SSSR count). The van der Waals surface area contributed by atoms with E-state index in [1.807, 2.05) is 30.3 Å². The van der Waals surface area contributed by atoms with Gasteiger partial charge >= 0.3 is 0 Å². The Hall–Kier alpha value is -1.86. The van der Waals surface area contributed by atoms with Crippen LogP contribution < -0.4 is 0 Å². The summed E-state index contributed by atoms with van der Waals surface area (Å²) in [6, 6.07) is 18.6. The van der Waals surface area contributed by atoms with Crippen LogP contribution in [0.3, 0.4) is 0 Å². The van der Waals surface area contributed by atoms with E-state index >= 15 is 0 Å². The topological polar surface area (TPSA) is 17.1 Å². The molecule has 0 aromatic heterocycles. The van der Waals surface area contributed by atoms with Crippen LogP contribution in [0.5, 0.6) is 0 Å². The van der Waals surface area contributed by atoms with Crippen LogP contribution in [0.4, 0.5) is 0 Å². The summed E-state index contributed by atoms with van der Waals surface area (Å²) in [4.78, 5) is 11.1. The Morgan fingerprint density at radius 3 is 2.47 bits per heavy atom. The second-order valence-corrected chi connectivity index (χ2v) is 5.10. The maximum Gasteiger partial charge on any atom is 0.245 e. The van der Waals surface area contributed by atoms with Crippen LogP contribution in [-0.4, -0.2) is 5.24 Å². The molecule has 0 heterocycles. The Labute approximate surface area is 117 Å². The van der Waals surface area contributed by atoms with E-state index in [-0.39, 0.29) is 0 Å². The van der Waals surface area contributed by atoms with Gasteiger partial charge in [0, 0.05) is 12.0 Å². The molecule has 1 aliphatic rings. The third-order valence-corrected chi connectivity index (χ3v) is 3.70. The molecule has 0 saturated carbocycles. The zero-order chi connectivity index (χ0) is 13.2. The van der Waals surface area contributed by atoms with Gasteiger partial charge in [-0.05, 0) is 40.3 Å². The van der Waals surface area contributed by atoms with Gasteiger partial charge in [0.2, 0.25) is 5.24 Å². The number of hydrogen-bond donors (Lipinski definition) is 0. The number of halogens is 1. The van der Waals surface area contributed by atoms with E-state index in [1.165, 1.54) is 11.1 Å². The first kappa shape index (κ1) is 12.2. The van der Waals surface area contributed by atoms with Gasteiger partial charge in [-0.25, -0.2) is 0 Å². The number of hydrogen-bond acceptors (Lipinski definition) is 1. The van der Waals surface area contributed by atoms with E-state index in [0.717, 1.165) is 17.6 Å². The predicted molar refractivity (Wildman–Crippen MR) is 78.2 cm³/mol. The highest BCUT2D eigenvalue weighted by Gasteiger charge is 2.27. The van der Waals surface area contributed by atoms with Crippen molar-refractivity contribution in [3.63, 3.8) is 0 Å². The minimum atomic E-state index is -0.404. The van der Waals surface area contributed by atoms with Gasteiger partial charge in [-0.2, -0.15) is 0 Å². The van der Waals surface area contributed by atoms with Crippen molar-refractivity contribution in [1.29, 1.82) is 0 Å². The molecule has 0 saturated heterocycles. The molecule has 1 nitrogen and oxygen atoms in total. The van der Waals surface area contributed by atoms with Crippen molar-refractivity contribution in [3.05, 3.63) is 77.4 Å². The van der Waals surface area contributed by atoms with E-state index in [2.05, 4.69) is 24.3 Å². The summed E-state index contributed by atoms with van der Waals surface area (Å²) >= 11 is 5.50. The molecule has 1 atom stereocenters. The van der Waals surface area contributed by atoms with Crippen molar-refractivity contribution in [1.82, 2.24) is 0 Å². The first-order chi connectivity index (χ1) is 9.25. The summed E-state index contributed by atoms with van der Waals surface area (Å²) in [7, 11) is 0. The van der Waals surface area contributed by atoms with Gasteiger partial charge in [0.1, 0.15) is 0 Å². The van der Waals surface area contributed by atoms with Crippen molar-refractivity contribution in [3.8, 4) is 0 Å². The van der Waals surface area contributed by atoms with Gasteiger partial charge in [-0.15, -0.1) is 0 Å². The highest BCUT2D eigenvalue weighted by Crippen LogP contribution is 2.44. The summed E-state index contributed by atoms with van der Waals surface area (Å²) in [6.07, 6.45) is 2.38. The molecule has 0 aliphatic heterocycles. The molecule has 19 heavy (non-hydrogen) atoms. The lowest BCUT2D eigenvalue weighted by Crippen LogP contribution is -1.94. The monoisotopic (exact) mass is 268 g/mol. The lowest BCUT2D eigenvalue weighted by Gasteiger charge is -2.11. The quantitative estimate of drug-likeness (QED) is 0.584. The maximum absolute atomic E-state index is 11.1. The van der Waals surface area contributed by atoms with Crippen molar-refractivity contribution >= 4 is 22.4 Å². The van der Waals surface area contributed by atoms with Gasteiger partial charge in [-0.3, -0.25) is 4.79 Å². The molecule has 0 fully saturated rings. The minimum Gasteiger partial charge on any atom is -0.276 e. The smallest absolute Gasteiger partial charge is 0.245 e. The summed E-state index contributed by atoms with van der Waals surface area (Å²) in [5, 5.41) is -0.404. The van der Waals surface area contributed by atoms with E-state index in [1.54, 1.807) is 6.08 Å². The minimum absolute atomic E-state index is 0.319. The lowest BCUT2D eigenvalue weighted by atomic mass is 9.93. The third kappa shape index (κ3) is 2.34. The average Bonchev–Trinajstić information content (AvgIpc) is 2.78. The SMILES string of the molecule is O=C(Cl)/C=C1\CC(c2ccccc2)c2ccccc21. The molecule has 0 spiro atoms. The number of fused-ring (bicyclic) bond motifs is 1. The van der Waals surface area contributed by atoms with Crippen LogP contribution in [0.15, 0.2) is 60.7 Å². The Balaban J connectivity index is 2.09. The second kappa shape index (κ2) is 5.02. The second-order valence-electron chi connectivity index (χ2n) is 4.73. The largest absolute Gasteiger partial charge is 0.276 e. The molecule has 0 amide bonds. The molecule has 2 aromatic rings. The van der Waals surface area contributed by atoms with Crippen LogP contribution in [0.2, 0.25) is 0 Å². The fraction of sp³-hybridized carbons (Fsp3) is 0.118. The molecule has 0 N–H and O–H groups in total. The Morgan fingerprint density at radius 1 is 1.05 bits per heavy atom. The molecule has 0 radical (unpaired) electrons. The Morgan fingerprint density at radius 2 is 1.74 bits per heavy atom. The molecular formula is C17H13ClO. The molecule has 0 bridgehead atoms. The van der Waals surface area contributed by atoms with Gasteiger partial charge in [0.15, 0.2) is 0 Å². The van der Waals surface area contributed by atoms with Gasteiger partial charge in [0.05, 0.1) is 0 Å². The van der Waals surface area contributed by atoms with E-state index in [4.69, 9.17) is 11.6 Å². The Kier molecular flexibility index (Phi) is 3.22. The summed E-state index contributed by atoms with van der Waals surface area (Å²) < 4.78 is 0. The standard InChI is InChI=1S/C17H13ClO/c18-17(19)11-13-10-16(12-6-2-1-3-7-12)15-9-5-4-8-14(13)15/h1-9,11,16H,10H2/b13-11+. The maximum atomic E-state index is 11.1. The van der Waals surface area contributed by atoms with E-state index < -0.39 is 5.24 Å². The van der Waals surface area contributed by atoms with E-state index in [0.29, 0.717) is 5.92 Å². The normalized spacial score (nSPS) is 19.4. The summed E-state index contributed by atoms with van der Waals surface area (Å²) in [6.45, 7) is 0. The predicted octanol–water partition coefficient (Wildman–Crippen LogP) is 4.37. The summed E-state index contributed by atoms with van der Waals surface area (Å²) in [5.74, 6) is 0.319. The number of carbonyl (C=O) groups excluding carboxylic acids is 1.